The third-order valence-corrected chi connectivity index (χ3v) is 2.12. The van der Waals surface area contributed by atoms with E-state index in [0.717, 1.165) is 5.56 Å². The normalized spacial score (nSPS) is 10.8. The van der Waals surface area contributed by atoms with E-state index in [1.54, 1.807) is 22.9 Å². The zero-order chi connectivity index (χ0) is 8.97. The second-order valence-electron chi connectivity index (χ2n) is 2.18. The van der Waals surface area contributed by atoms with Crippen molar-refractivity contribution in [2.75, 3.05) is 6.54 Å². The van der Waals surface area contributed by atoms with Gasteiger partial charge in [0, 0.05) is 11.9 Å². The first kappa shape index (κ1) is 8.96. The van der Waals surface area contributed by atoms with Crippen molar-refractivity contribution < 1.29 is 9.90 Å². The summed E-state index contributed by atoms with van der Waals surface area (Å²) in [5.74, 6) is -0.895. The molecule has 0 saturated carbocycles. The van der Waals surface area contributed by atoms with Gasteiger partial charge in [-0.15, -0.1) is 0 Å². The highest BCUT2D eigenvalue weighted by Crippen LogP contribution is 2.16. The molecule has 0 spiro atoms. The molecule has 0 aliphatic rings. The van der Waals surface area contributed by atoms with Crippen molar-refractivity contribution in [3.63, 3.8) is 0 Å². The lowest BCUT2D eigenvalue weighted by atomic mass is 10.2. The molecule has 0 aliphatic heterocycles. The maximum Gasteiger partial charge on any atom is 0.337 e. The molecule has 3 N–H and O–H groups in total. The molecular weight excluding hydrogens is 174 g/mol. The lowest BCUT2D eigenvalue weighted by molar-refractivity contribution is 0.0697. The summed E-state index contributed by atoms with van der Waals surface area (Å²) in [6.45, 7) is 0.426. The number of hydrogen-bond donors (Lipinski definition) is 2. The molecule has 64 valence electrons. The Balaban J connectivity index is 2.91. The average Bonchev–Trinajstić information content (AvgIpc) is 2.48. The molecule has 0 bridgehead atoms. The summed E-state index contributed by atoms with van der Waals surface area (Å²) >= 11 is 1.37. The second-order valence-corrected chi connectivity index (χ2v) is 2.93. The van der Waals surface area contributed by atoms with Crippen molar-refractivity contribution in [2.45, 2.75) is 0 Å². The smallest absolute Gasteiger partial charge is 0.337 e. The van der Waals surface area contributed by atoms with Crippen molar-refractivity contribution in [3.8, 4) is 0 Å². The van der Waals surface area contributed by atoms with Crippen molar-refractivity contribution in [3.05, 3.63) is 28.0 Å². The molecule has 3 nitrogen and oxygen atoms in total. The quantitative estimate of drug-likeness (QED) is 0.744. The molecule has 0 amide bonds. The van der Waals surface area contributed by atoms with Gasteiger partial charge < -0.3 is 10.8 Å². The summed E-state index contributed by atoms with van der Waals surface area (Å²) in [4.78, 5) is 10.6. The van der Waals surface area contributed by atoms with Crippen LogP contribution in [-0.2, 0) is 0 Å². The van der Waals surface area contributed by atoms with Gasteiger partial charge >= 0.3 is 5.97 Å². The molecular formula is C8H9NO2S. The van der Waals surface area contributed by atoms with Crippen LogP contribution in [0.15, 0.2) is 16.8 Å². The number of carboxylic acid groups (broad SMARTS) is 1. The van der Waals surface area contributed by atoms with Gasteiger partial charge in [0.1, 0.15) is 0 Å². The average molecular weight is 183 g/mol. The number of nitrogens with two attached hydrogens (primary N) is 1. The number of thiophene rings is 1. The number of rotatable bonds is 3. The van der Waals surface area contributed by atoms with E-state index in [4.69, 9.17) is 10.8 Å². The SMILES string of the molecule is NCC=Cc1cscc1C(=O)O. The minimum absolute atomic E-state index is 0.338. The summed E-state index contributed by atoms with van der Waals surface area (Å²) in [6.07, 6.45) is 3.45. The van der Waals surface area contributed by atoms with Crippen LogP contribution in [0.3, 0.4) is 0 Å². The van der Waals surface area contributed by atoms with Crippen LogP contribution in [0.2, 0.25) is 0 Å². The highest BCUT2D eigenvalue weighted by Gasteiger charge is 2.07. The Labute approximate surface area is 74.1 Å². The molecule has 12 heavy (non-hydrogen) atoms. The van der Waals surface area contributed by atoms with Crippen LogP contribution in [-0.4, -0.2) is 17.6 Å². The van der Waals surface area contributed by atoms with Crippen molar-refractivity contribution >= 4 is 23.4 Å². The summed E-state index contributed by atoms with van der Waals surface area (Å²) in [6, 6.07) is 0. The van der Waals surface area contributed by atoms with Crippen LogP contribution in [0.1, 0.15) is 15.9 Å². The fraction of sp³-hybridized carbons (Fsp3) is 0.125. The molecule has 1 rings (SSSR count). The molecule has 0 saturated heterocycles. The molecule has 0 fully saturated rings. The first-order chi connectivity index (χ1) is 5.75. The Hall–Kier alpha value is -1.13. The number of aromatic carboxylic acids is 1. The first-order valence-electron chi connectivity index (χ1n) is 3.41. The van der Waals surface area contributed by atoms with Crippen LogP contribution in [0.4, 0.5) is 0 Å². The van der Waals surface area contributed by atoms with Crippen molar-refractivity contribution in [1.29, 1.82) is 0 Å². The van der Waals surface area contributed by atoms with Gasteiger partial charge in [-0.05, 0) is 10.9 Å². The minimum Gasteiger partial charge on any atom is -0.478 e. The van der Waals surface area contributed by atoms with Crippen molar-refractivity contribution in [2.24, 2.45) is 5.73 Å². The van der Waals surface area contributed by atoms with Crippen LogP contribution < -0.4 is 5.73 Å². The second kappa shape index (κ2) is 4.04. The van der Waals surface area contributed by atoms with Crippen molar-refractivity contribution in [1.82, 2.24) is 0 Å². The molecule has 0 unspecified atom stereocenters. The predicted molar refractivity (Wildman–Crippen MR) is 49.4 cm³/mol. The number of carbonyl (C=O) groups is 1. The predicted octanol–water partition coefficient (Wildman–Crippen LogP) is 1.42. The van der Waals surface area contributed by atoms with Gasteiger partial charge in [0.25, 0.3) is 0 Å². The fourth-order valence-corrected chi connectivity index (χ4v) is 1.60. The maximum atomic E-state index is 10.6. The Morgan fingerprint density at radius 2 is 2.42 bits per heavy atom. The zero-order valence-electron chi connectivity index (χ0n) is 6.36. The molecule has 1 aromatic rings. The fourth-order valence-electron chi connectivity index (χ4n) is 0.805. The third kappa shape index (κ3) is 1.93. The van der Waals surface area contributed by atoms with E-state index in [1.165, 1.54) is 11.3 Å². The summed E-state index contributed by atoms with van der Waals surface area (Å²) in [7, 11) is 0. The summed E-state index contributed by atoms with van der Waals surface area (Å²) < 4.78 is 0. The number of hydrogen-bond acceptors (Lipinski definition) is 3. The first-order valence-corrected chi connectivity index (χ1v) is 4.36. The van der Waals surface area contributed by atoms with Gasteiger partial charge in [-0.1, -0.05) is 12.2 Å². The van der Waals surface area contributed by atoms with Gasteiger partial charge in [-0.3, -0.25) is 0 Å². The summed E-state index contributed by atoms with van der Waals surface area (Å²) in [5.41, 5.74) is 6.30. The Kier molecular flexibility index (Phi) is 3.01. The molecule has 0 atom stereocenters. The third-order valence-electron chi connectivity index (χ3n) is 1.36. The lowest BCUT2D eigenvalue weighted by Gasteiger charge is -1.90. The van der Waals surface area contributed by atoms with Crippen LogP contribution in [0, 0.1) is 0 Å². The number of carboxylic acids is 1. The van der Waals surface area contributed by atoms with E-state index < -0.39 is 5.97 Å². The van der Waals surface area contributed by atoms with Crippen LogP contribution >= 0.6 is 11.3 Å². The van der Waals surface area contributed by atoms with Gasteiger partial charge in [-0.25, -0.2) is 4.79 Å². The minimum atomic E-state index is -0.895. The largest absolute Gasteiger partial charge is 0.478 e. The zero-order valence-corrected chi connectivity index (χ0v) is 7.17. The van der Waals surface area contributed by atoms with E-state index >= 15 is 0 Å². The van der Waals surface area contributed by atoms with Gasteiger partial charge in [0.2, 0.25) is 0 Å². The van der Waals surface area contributed by atoms with E-state index in [1.807, 2.05) is 0 Å². The van der Waals surface area contributed by atoms with Gasteiger partial charge in [-0.2, -0.15) is 11.3 Å². The molecule has 1 aromatic heterocycles. The molecule has 0 aromatic carbocycles. The van der Waals surface area contributed by atoms with Gasteiger partial charge in [0.05, 0.1) is 5.56 Å². The van der Waals surface area contributed by atoms with Crippen LogP contribution in [0.5, 0.6) is 0 Å². The highest BCUT2D eigenvalue weighted by molar-refractivity contribution is 7.08. The van der Waals surface area contributed by atoms with E-state index in [9.17, 15) is 4.79 Å². The van der Waals surface area contributed by atoms with Crippen LogP contribution in [0.25, 0.3) is 6.08 Å². The lowest BCUT2D eigenvalue weighted by Crippen LogP contribution is -1.96. The standard InChI is InChI=1S/C8H9NO2S/c9-3-1-2-6-4-12-5-7(6)8(10)11/h1-2,4-5H,3,9H2,(H,10,11). The Morgan fingerprint density at radius 3 is 3.00 bits per heavy atom. The monoisotopic (exact) mass is 183 g/mol. The van der Waals surface area contributed by atoms with E-state index in [0.29, 0.717) is 12.1 Å². The molecule has 1 heterocycles. The molecule has 0 aliphatic carbocycles. The van der Waals surface area contributed by atoms with Gasteiger partial charge in [0.15, 0.2) is 0 Å². The highest BCUT2D eigenvalue weighted by atomic mass is 32.1. The molecule has 4 heteroatoms. The Bertz CT molecular complexity index is 304. The Morgan fingerprint density at radius 1 is 1.67 bits per heavy atom. The maximum absolute atomic E-state index is 10.6. The molecule has 0 radical (unpaired) electrons. The topological polar surface area (TPSA) is 63.3 Å². The summed E-state index contributed by atoms with van der Waals surface area (Å²) in [5, 5.41) is 12.1. The van der Waals surface area contributed by atoms with E-state index in [-0.39, 0.29) is 0 Å². The van der Waals surface area contributed by atoms with E-state index in [2.05, 4.69) is 0 Å².